The number of hydrogen-bond acceptors (Lipinski definition) is 3. The fraction of sp³-hybridized carbons (Fsp3) is 0.533. The number of amides is 2. The highest BCUT2D eigenvalue weighted by atomic mass is 16.2. The second kappa shape index (κ2) is 7.87. The fourth-order valence-corrected chi connectivity index (χ4v) is 2.41. The average molecular weight is 276 g/mol. The Morgan fingerprint density at radius 2 is 1.90 bits per heavy atom. The van der Waals surface area contributed by atoms with Gasteiger partial charge in [-0.1, -0.05) is 12.1 Å². The van der Waals surface area contributed by atoms with Crippen LogP contribution in [0.25, 0.3) is 0 Å². The topological polar surface area (TPSA) is 70.4 Å². The summed E-state index contributed by atoms with van der Waals surface area (Å²) in [6.07, 6.45) is 3.62. The molecule has 1 fully saturated rings. The maximum absolute atomic E-state index is 11.7. The predicted molar refractivity (Wildman–Crippen MR) is 81.6 cm³/mol. The molecule has 1 aromatic rings. The monoisotopic (exact) mass is 276 g/mol. The Labute approximate surface area is 120 Å². The standard InChI is InChI=1S/C15H24N4O/c16-12-13-4-6-14(7-5-13)18-15(20)17-8-3-11-19-9-1-2-10-19/h4-7H,1-3,8-12,16H2,(H2,17,18,20). The third-order valence-electron chi connectivity index (χ3n) is 3.58. The molecule has 1 saturated heterocycles. The number of rotatable bonds is 6. The number of likely N-dealkylation sites (tertiary alicyclic amines) is 1. The molecule has 2 amide bonds. The van der Waals surface area contributed by atoms with Crippen LogP contribution in [-0.4, -0.2) is 37.1 Å². The minimum absolute atomic E-state index is 0.146. The first kappa shape index (κ1) is 14.8. The summed E-state index contributed by atoms with van der Waals surface area (Å²) >= 11 is 0. The quantitative estimate of drug-likeness (QED) is 0.693. The van der Waals surface area contributed by atoms with Crippen LogP contribution in [0.5, 0.6) is 0 Å². The van der Waals surface area contributed by atoms with Crippen LogP contribution < -0.4 is 16.4 Å². The highest BCUT2D eigenvalue weighted by molar-refractivity contribution is 5.89. The van der Waals surface area contributed by atoms with Crippen molar-refractivity contribution in [1.82, 2.24) is 10.2 Å². The second-order valence-electron chi connectivity index (χ2n) is 5.18. The van der Waals surface area contributed by atoms with Gasteiger partial charge in [0.2, 0.25) is 0 Å². The Morgan fingerprint density at radius 1 is 1.20 bits per heavy atom. The third kappa shape index (κ3) is 4.83. The van der Waals surface area contributed by atoms with Crippen LogP contribution >= 0.6 is 0 Å². The zero-order valence-corrected chi connectivity index (χ0v) is 11.9. The van der Waals surface area contributed by atoms with Crippen LogP contribution in [0.15, 0.2) is 24.3 Å². The van der Waals surface area contributed by atoms with E-state index in [1.165, 1.54) is 25.9 Å². The molecule has 0 bridgehead atoms. The molecule has 0 radical (unpaired) electrons. The molecule has 0 atom stereocenters. The molecule has 1 aromatic carbocycles. The van der Waals surface area contributed by atoms with E-state index in [2.05, 4.69) is 15.5 Å². The Morgan fingerprint density at radius 3 is 2.55 bits per heavy atom. The summed E-state index contributed by atoms with van der Waals surface area (Å²) < 4.78 is 0. The smallest absolute Gasteiger partial charge is 0.319 e. The van der Waals surface area contributed by atoms with Gasteiger partial charge in [0.05, 0.1) is 0 Å². The van der Waals surface area contributed by atoms with Crippen LogP contribution in [0.4, 0.5) is 10.5 Å². The van der Waals surface area contributed by atoms with Gasteiger partial charge in [0, 0.05) is 18.8 Å². The first-order chi connectivity index (χ1) is 9.78. The Kier molecular flexibility index (Phi) is 5.83. The Bertz CT molecular complexity index is 412. The fourth-order valence-electron chi connectivity index (χ4n) is 2.41. The summed E-state index contributed by atoms with van der Waals surface area (Å²) in [6, 6.07) is 7.43. The number of nitrogens with two attached hydrogens (primary N) is 1. The summed E-state index contributed by atoms with van der Waals surface area (Å²) in [5.41, 5.74) is 7.38. The van der Waals surface area contributed by atoms with E-state index in [4.69, 9.17) is 5.73 Å². The molecule has 110 valence electrons. The molecule has 1 aliphatic rings. The zero-order chi connectivity index (χ0) is 14.2. The van der Waals surface area contributed by atoms with Gasteiger partial charge in [-0.15, -0.1) is 0 Å². The van der Waals surface area contributed by atoms with Gasteiger partial charge in [-0.05, 0) is 56.6 Å². The first-order valence-corrected chi connectivity index (χ1v) is 7.34. The lowest BCUT2D eigenvalue weighted by Crippen LogP contribution is -2.31. The molecule has 0 aliphatic carbocycles. The van der Waals surface area contributed by atoms with E-state index in [9.17, 15) is 4.79 Å². The van der Waals surface area contributed by atoms with Gasteiger partial charge in [0.25, 0.3) is 0 Å². The van der Waals surface area contributed by atoms with Gasteiger partial charge >= 0.3 is 6.03 Å². The molecule has 0 saturated carbocycles. The summed E-state index contributed by atoms with van der Waals surface area (Å²) in [6.45, 7) is 4.72. The van der Waals surface area contributed by atoms with E-state index in [-0.39, 0.29) is 6.03 Å². The van der Waals surface area contributed by atoms with E-state index in [0.717, 1.165) is 24.2 Å². The second-order valence-corrected chi connectivity index (χ2v) is 5.18. The minimum Gasteiger partial charge on any atom is -0.338 e. The highest BCUT2D eigenvalue weighted by Gasteiger charge is 2.10. The molecule has 20 heavy (non-hydrogen) atoms. The lowest BCUT2D eigenvalue weighted by Gasteiger charge is -2.14. The maximum atomic E-state index is 11.7. The minimum atomic E-state index is -0.146. The summed E-state index contributed by atoms with van der Waals surface area (Å²) in [5, 5.41) is 5.70. The van der Waals surface area contributed by atoms with E-state index < -0.39 is 0 Å². The van der Waals surface area contributed by atoms with Crippen molar-refractivity contribution in [3.05, 3.63) is 29.8 Å². The lowest BCUT2D eigenvalue weighted by atomic mass is 10.2. The zero-order valence-electron chi connectivity index (χ0n) is 11.9. The molecular weight excluding hydrogens is 252 g/mol. The third-order valence-corrected chi connectivity index (χ3v) is 3.58. The van der Waals surface area contributed by atoms with E-state index in [1.54, 1.807) is 0 Å². The molecule has 2 rings (SSSR count). The number of carbonyl (C=O) groups is 1. The first-order valence-electron chi connectivity index (χ1n) is 7.34. The lowest BCUT2D eigenvalue weighted by molar-refractivity contribution is 0.251. The number of urea groups is 1. The van der Waals surface area contributed by atoms with Crippen molar-refractivity contribution >= 4 is 11.7 Å². The van der Waals surface area contributed by atoms with Gasteiger partial charge in [-0.2, -0.15) is 0 Å². The highest BCUT2D eigenvalue weighted by Crippen LogP contribution is 2.09. The molecule has 5 nitrogen and oxygen atoms in total. The van der Waals surface area contributed by atoms with Crippen molar-refractivity contribution in [3.8, 4) is 0 Å². The predicted octanol–water partition coefficient (Wildman–Crippen LogP) is 1.75. The summed E-state index contributed by atoms with van der Waals surface area (Å²) in [7, 11) is 0. The molecule has 0 unspecified atom stereocenters. The maximum Gasteiger partial charge on any atom is 0.319 e. The van der Waals surface area contributed by atoms with Gasteiger partial charge < -0.3 is 21.3 Å². The Hall–Kier alpha value is -1.59. The number of nitrogens with zero attached hydrogens (tertiary/aromatic N) is 1. The van der Waals surface area contributed by atoms with Crippen LogP contribution in [0.2, 0.25) is 0 Å². The van der Waals surface area contributed by atoms with E-state index in [1.807, 2.05) is 24.3 Å². The summed E-state index contributed by atoms with van der Waals surface area (Å²) in [4.78, 5) is 14.2. The number of benzene rings is 1. The molecule has 1 aliphatic heterocycles. The van der Waals surface area contributed by atoms with E-state index >= 15 is 0 Å². The Balaban J connectivity index is 1.61. The van der Waals surface area contributed by atoms with E-state index in [0.29, 0.717) is 13.1 Å². The van der Waals surface area contributed by atoms with Gasteiger partial charge in [0.1, 0.15) is 0 Å². The van der Waals surface area contributed by atoms with Crippen molar-refractivity contribution in [3.63, 3.8) is 0 Å². The average Bonchev–Trinajstić information content (AvgIpc) is 2.98. The van der Waals surface area contributed by atoms with Crippen molar-refractivity contribution < 1.29 is 4.79 Å². The number of anilines is 1. The molecular formula is C15H24N4O. The summed E-state index contributed by atoms with van der Waals surface area (Å²) in [5.74, 6) is 0. The molecule has 5 heteroatoms. The van der Waals surface area contributed by atoms with Gasteiger partial charge in [-0.25, -0.2) is 4.79 Å². The number of carbonyl (C=O) groups excluding carboxylic acids is 1. The van der Waals surface area contributed by atoms with Crippen molar-refractivity contribution in [2.24, 2.45) is 5.73 Å². The van der Waals surface area contributed by atoms with Crippen molar-refractivity contribution in [2.75, 3.05) is 31.5 Å². The largest absolute Gasteiger partial charge is 0.338 e. The molecule has 0 aromatic heterocycles. The normalized spacial score (nSPS) is 15.2. The van der Waals surface area contributed by atoms with Crippen molar-refractivity contribution in [1.29, 1.82) is 0 Å². The van der Waals surface area contributed by atoms with Crippen molar-refractivity contribution in [2.45, 2.75) is 25.8 Å². The van der Waals surface area contributed by atoms with Gasteiger partial charge in [0.15, 0.2) is 0 Å². The molecule has 4 N–H and O–H groups in total. The SMILES string of the molecule is NCc1ccc(NC(=O)NCCCN2CCCC2)cc1. The van der Waals surface area contributed by atoms with Crippen LogP contribution in [0.3, 0.4) is 0 Å². The van der Waals surface area contributed by atoms with Crippen LogP contribution in [0.1, 0.15) is 24.8 Å². The number of nitrogens with one attached hydrogen (secondary N) is 2. The molecule has 0 spiro atoms. The number of hydrogen-bond donors (Lipinski definition) is 3. The molecule has 1 heterocycles. The van der Waals surface area contributed by atoms with Crippen LogP contribution in [0, 0.1) is 0 Å². The van der Waals surface area contributed by atoms with Crippen LogP contribution in [-0.2, 0) is 6.54 Å². The van der Waals surface area contributed by atoms with Gasteiger partial charge in [-0.3, -0.25) is 0 Å².